The Morgan fingerprint density at radius 1 is 1.17 bits per heavy atom. The molecule has 1 N–H and O–H groups in total. The Morgan fingerprint density at radius 2 is 1.83 bits per heavy atom. The smallest absolute Gasteiger partial charge is 0.0203 e. The maximum Gasteiger partial charge on any atom is 0.0203 e. The van der Waals surface area contributed by atoms with E-state index in [1.807, 2.05) is 13.0 Å². The first-order valence-corrected chi connectivity index (χ1v) is 6.23. The van der Waals surface area contributed by atoms with Gasteiger partial charge in [-0.3, -0.25) is 0 Å². The van der Waals surface area contributed by atoms with Gasteiger partial charge in [0, 0.05) is 6.21 Å². The first-order chi connectivity index (χ1) is 8.67. The topological polar surface area (TPSA) is 23.9 Å². The molecular formula is C17H21N. The molecule has 0 atom stereocenters. The molecule has 1 heteroatoms. The molecule has 0 unspecified atom stereocenters. The van der Waals surface area contributed by atoms with Crippen molar-refractivity contribution in [3.8, 4) is 0 Å². The van der Waals surface area contributed by atoms with Crippen molar-refractivity contribution in [1.82, 2.24) is 0 Å². The van der Waals surface area contributed by atoms with Crippen molar-refractivity contribution in [2.45, 2.75) is 27.2 Å². The molecule has 0 heterocycles. The molecule has 0 radical (unpaired) electrons. The van der Waals surface area contributed by atoms with Crippen molar-refractivity contribution in [2.75, 3.05) is 0 Å². The molecule has 1 aromatic carbocycles. The number of nitrogens with one attached hydrogen (secondary N) is 1. The quantitative estimate of drug-likeness (QED) is 0.551. The summed E-state index contributed by atoms with van der Waals surface area (Å²) in [4.78, 5) is 0. The average Bonchev–Trinajstić information content (AvgIpc) is 2.43. The third kappa shape index (κ3) is 4.54. The van der Waals surface area contributed by atoms with E-state index in [2.05, 4.69) is 56.3 Å². The molecular weight excluding hydrogens is 218 g/mol. The number of hydrogen-bond donors (Lipinski definition) is 1. The second-order valence-corrected chi connectivity index (χ2v) is 4.40. The highest BCUT2D eigenvalue weighted by Crippen LogP contribution is 2.18. The highest BCUT2D eigenvalue weighted by Gasteiger charge is 1.97. The van der Waals surface area contributed by atoms with E-state index < -0.39 is 0 Å². The van der Waals surface area contributed by atoms with Crippen molar-refractivity contribution >= 4 is 11.8 Å². The molecule has 0 amide bonds. The van der Waals surface area contributed by atoms with Crippen molar-refractivity contribution in [2.24, 2.45) is 0 Å². The van der Waals surface area contributed by atoms with Crippen molar-refractivity contribution in [3.05, 3.63) is 65.3 Å². The zero-order valence-electron chi connectivity index (χ0n) is 11.4. The average molecular weight is 239 g/mol. The van der Waals surface area contributed by atoms with Crippen LogP contribution in [0.4, 0.5) is 0 Å². The normalized spacial score (nSPS) is 13.6. The molecule has 0 aliphatic heterocycles. The monoisotopic (exact) mass is 239 g/mol. The van der Waals surface area contributed by atoms with Gasteiger partial charge in [-0.1, -0.05) is 54.1 Å². The third-order valence-electron chi connectivity index (χ3n) is 2.79. The molecule has 0 aliphatic rings. The van der Waals surface area contributed by atoms with Gasteiger partial charge in [0.1, 0.15) is 0 Å². The van der Waals surface area contributed by atoms with E-state index in [9.17, 15) is 0 Å². The minimum atomic E-state index is 0.894. The summed E-state index contributed by atoms with van der Waals surface area (Å²) in [6.07, 6.45) is 8.71. The van der Waals surface area contributed by atoms with E-state index in [0.29, 0.717) is 0 Å². The van der Waals surface area contributed by atoms with Crippen LogP contribution >= 0.6 is 0 Å². The van der Waals surface area contributed by atoms with Gasteiger partial charge in [0.2, 0.25) is 0 Å². The second-order valence-electron chi connectivity index (χ2n) is 4.40. The fourth-order valence-corrected chi connectivity index (χ4v) is 1.67. The predicted octanol–water partition coefficient (Wildman–Crippen LogP) is 5.02. The van der Waals surface area contributed by atoms with Gasteiger partial charge in [0.15, 0.2) is 0 Å². The van der Waals surface area contributed by atoms with Crippen LogP contribution in [-0.4, -0.2) is 6.21 Å². The van der Waals surface area contributed by atoms with Gasteiger partial charge in [-0.05, 0) is 43.9 Å². The zero-order valence-corrected chi connectivity index (χ0v) is 11.4. The fraction of sp³-hybridized carbons (Fsp3) is 0.235. The fourth-order valence-electron chi connectivity index (χ4n) is 1.67. The van der Waals surface area contributed by atoms with Crippen LogP contribution < -0.4 is 0 Å². The van der Waals surface area contributed by atoms with E-state index in [1.165, 1.54) is 22.9 Å². The lowest BCUT2D eigenvalue weighted by Crippen LogP contribution is -1.83. The Labute approximate surface area is 110 Å². The number of allylic oxidation sites excluding steroid dienone is 6. The van der Waals surface area contributed by atoms with Crippen LogP contribution in [0.3, 0.4) is 0 Å². The van der Waals surface area contributed by atoms with Crippen molar-refractivity contribution in [1.29, 1.82) is 5.41 Å². The van der Waals surface area contributed by atoms with Gasteiger partial charge in [0.25, 0.3) is 0 Å². The maximum absolute atomic E-state index is 7.14. The molecule has 0 aromatic heterocycles. The summed E-state index contributed by atoms with van der Waals surface area (Å²) >= 11 is 0. The summed E-state index contributed by atoms with van der Waals surface area (Å²) in [7, 11) is 0. The molecule has 1 rings (SSSR count). The lowest BCUT2D eigenvalue weighted by molar-refractivity contribution is 1.20. The van der Waals surface area contributed by atoms with E-state index >= 15 is 0 Å². The first-order valence-electron chi connectivity index (χ1n) is 6.23. The van der Waals surface area contributed by atoms with E-state index in [0.717, 1.165) is 12.0 Å². The highest BCUT2D eigenvalue weighted by atomic mass is 14.3. The van der Waals surface area contributed by atoms with Gasteiger partial charge in [0.05, 0.1) is 0 Å². The number of rotatable bonds is 5. The van der Waals surface area contributed by atoms with E-state index in [1.54, 1.807) is 0 Å². The molecule has 0 saturated carbocycles. The molecule has 0 saturated heterocycles. The third-order valence-corrected chi connectivity index (χ3v) is 2.79. The Bertz CT molecular complexity index is 476. The van der Waals surface area contributed by atoms with E-state index in [-0.39, 0.29) is 0 Å². The summed E-state index contributed by atoms with van der Waals surface area (Å²) in [5.74, 6) is 0. The van der Waals surface area contributed by atoms with Crippen LogP contribution in [0.2, 0.25) is 0 Å². The largest absolute Gasteiger partial charge is 0.308 e. The predicted molar refractivity (Wildman–Crippen MR) is 81.0 cm³/mol. The Kier molecular flexibility index (Phi) is 5.86. The molecule has 1 aromatic rings. The van der Waals surface area contributed by atoms with Crippen LogP contribution in [0.25, 0.3) is 5.57 Å². The van der Waals surface area contributed by atoms with Gasteiger partial charge in [-0.15, -0.1) is 0 Å². The van der Waals surface area contributed by atoms with Crippen LogP contribution in [0.5, 0.6) is 0 Å². The second kappa shape index (κ2) is 7.44. The summed E-state index contributed by atoms with van der Waals surface area (Å²) in [6, 6.07) is 10.4. The lowest BCUT2D eigenvalue weighted by Gasteiger charge is -2.04. The van der Waals surface area contributed by atoms with Gasteiger partial charge in [-0.25, -0.2) is 0 Å². The highest BCUT2D eigenvalue weighted by molar-refractivity contribution is 5.75. The van der Waals surface area contributed by atoms with Gasteiger partial charge in [-0.2, -0.15) is 0 Å². The van der Waals surface area contributed by atoms with Crippen LogP contribution in [-0.2, 0) is 0 Å². The Morgan fingerprint density at radius 3 is 2.39 bits per heavy atom. The molecule has 18 heavy (non-hydrogen) atoms. The summed E-state index contributed by atoms with van der Waals surface area (Å²) in [5, 5.41) is 7.14. The van der Waals surface area contributed by atoms with Gasteiger partial charge >= 0.3 is 0 Å². The summed E-state index contributed by atoms with van der Waals surface area (Å²) in [5.41, 5.74) is 4.79. The van der Waals surface area contributed by atoms with Crippen LogP contribution in [0.1, 0.15) is 32.8 Å². The Balaban J connectivity index is 2.83. The molecule has 0 bridgehead atoms. The van der Waals surface area contributed by atoms with Crippen molar-refractivity contribution < 1.29 is 0 Å². The molecule has 0 aliphatic carbocycles. The number of benzene rings is 1. The SMILES string of the molecule is C/C=C(\C=C(/C)C/C=C(/C)C=N)c1ccccc1. The zero-order chi connectivity index (χ0) is 13.4. The lowest BCUT2D eigenvalue weighted by atomic mass is 10.0. The molecule has 94 valence electrons. The van der Waals surface area contributed by atoms with Crippen LogP contribution in [0, 0.1) is 5.41 Å². The summed E-state index contributed by atoms with van der Waals surface area (Å²) in [6.45, 7) is 6.14. The standard InChI is InChI=1S/C17H21N/c1-4-16(17-8-6-5-7-9-17)12-14(2)10-11-15(3)13-18/h4-9,11-13,18H,10H2,1-3H3/b14-12+,15-11-,16-4+,18-13?. The van der Waals surface area contributed by atoms with Crippen LogP contribution in [0.15, 0.2) is 59.7 Å². The van der Waals surface area contributed by atoms with Gasteiger partial charge < -0.3 is 5.41 Å². The van der Waals surface area contributed by atoms with E-state index in [4.69, 9.17) is 5.41 Å². The first kappa shape index (κ1) is 14.2. The molecule has 0 fully saturated rings. The minimum absolute atomic E-state index is 0.894. The minimum Gasteiger partial charge on any atom is -0.308 e. The summed E-state index contributed by atoms with van der Waals surface area (Å²) < 4.78 is 0. The number of hydrogen-bond acceptors (Lipinski definition) is 1. The molecule has 1 nitrogen and oxygen atoms in total. The maximum atomic E-state index is 7.14. The Hall–Kier alpha value is -1.89. The molecule has 0 spiro atoms. The van der Waals surface area contributed by atoms with Crippen molar-refractivity contribution in [3.63, 3.8) is 0 Å².